The Balaban J connectivity index is 1.92. The number of pyridine rings is 1. The highest BCUT2D eigenvalue weighted by Gasteiger charge is 2.23. The summed E-state index contributed by atoms with van der Waals surface area (Å²) in [7, 11) is 0. The van der Waals surface area contributed by atoms with Crippen LogP contribution < -0.4 is 5.32 Å². The van der Waals surface area contributed by atoms with Gasteiger partial charge in [-0.1, -0.05) is 11.2 Å². The van der Waals surface area contributed by atoms with Gasteiger partial charge in [-0.2, -0.15) is 4.98 Å². The zero-order chi connectivity index (χ0) is 12.5. The van der Waals surface area contributed by atoms with Crippen molar-refractivity contribution in [2.75, 3.05) is 6.54 Å². The van der Waals surface area contributed by atoms with Crippen LogP contribution in [0.3, 0.4) is 0 Å². The standard InChI is InChI=1S/C13H16N4O/c1-8-6-9(2)11(15-7-8)12-16-13(18-17-12)10-4-3-5-14-10/h6-7,10,14H,3-5H2,1-2H3/t10-/m0/s1. The summed E-state index contributed by atoms with van der Waals surface area (Å²) in [6.45, 7) is 5.05. The number of nitrogens with one attached hydrogen (secondary N) is 1. The zero-order valence-corrected chi connectivity index (χ0v) is 10.6. The molecule has 1 aliphatic rings. The second-order valence-electron chi connectivity index (χ2n) is 4.78. The number of aromatic nitrogens is 3. The first-order chi connectivity index (χ1) is 8.74. The minimum absolute atomic E-state index is 0.206. The summed E-state index contributed by atoms with van der Waals surface area (Å²) in [5.74, 6) is 1.25. The molecule has 0 bridgehead atoms. The Morgan fingerprint density at radius 3 is 3.00 bits per heavy atom. The maximum atomic E-state index is 5.32. The first kappa shape index (κ1) is 11.3. The van der Waals surface area contributed by atoms with Crippen LogP contribution in [0.1, 0.15) is 35.9 Å². The van der Waals surface area contributed by atoms with Gasteiger partial charge in [0, 0.05) is 6.20 Å². The quantitative estimate of drug-likeness (QED) is 0.877. The van der Waals surface area contributed by atoms with Gasteiger partial charge in [-0.3, -0.25) is 4.98 Å². The van der Waals surface area contributed by atoms with Gasteiger partial charge in [-0.15, -0.1) is 0 Å². The SMILES string of the molecule is Cc1cnc(-c2noc([C@@H]3CCCN3)n2)c(C)c1. The van der Waals surface area contributed by atoms with Crippen molar-refractivity contribution >= 4 is 0 Å². The van der Waals surface area contributed by atoms with E-state index in [0.29, 0.717) is 11.7 Å². The predicted octanol–water partition coefficient (Wildman–Crippen LogP) is 2.17. The molecule has 5 nitrogen and oxygen atoms in total. The molecule has 1 saturated heterocycles. The highest BCUT2D eigenvalue weighted by atomic mass is 16.5. The Hall–Kier alpha value is -1.75. The van der Waals surface area contributed by atoms with Crippen LogP contribution >= 0.6 is 0 Å². The molecule has 5 heteroatoms. The van der Waals surface area contributed by atoms with Crippen molar-refractivity contribution < 1.29 is 4.52 Å². The predicted molar refractivity (Wildman–Crippen MR) is 67.0 cm³/mol. The molecule has 94 valence electrons. The second-order valence-corrected chi connectivity index (χ2v) is 4.78. The van der Waals surface area contributed by atoms with E-state index in [1.807, 2.05) is 20.0 Å². The summed E-state index contributed by atoms with van der Waals surface area (Å²) in [6.07, 6.45) is 4.04. The topological polar surface area (TPSA) is 63.8 Å². The van der Waals surface area contributed by atoms with Gasteiger partial charge in [-0.25, -0.2) is 0 Å². The molecular formula is C13H16N4O. The molecule has 2 aromatic rings. The molecule has 0 radical (unpaired) electrons. The van der Waals surface area contributed by atoms with E-state index in [-0.39, 0.29) is 6.04 Å². The number of hydrogen-bond acceptors (Lipinski definition) is 5. The van der Waals surface area contributed by atoms with Gasteiger partial charge < -0.3 is 9.84 Å². The fourth-order valence-electron chi connectivity index (χ4n) is 2.32. The molecule has 18 heavy (non-hydrogen) atoms. The molecular weight excluding hydrogens is 228 g/mol. The van der Waals surface area contributed by atoms with Crippen LogP contribution in [-0.4, -0.2) is 21.7 Å². The average molecular weight is 244 g/mol. The fraction of sp³-hybridized carbons (Fsp3) is 0.462. The van der Waals surface area contributed by atoms with Crippen LogP contribution in [0.25, 0.3) is 11.5 Å². The number of rotatable bonds is 2. The van der Waals surface area contributed by atoms with E-state index < -0.39 is 0 Å². The van der Waals surface area contributed by atoms with Crippen molar-refractivity contribution in [3.8, 4) is 11.5 Å². The normalized spacial score (nSPS) is 19.3. The van der Waals surface area contributed by atoms with Gasteiger partial charge in [0.05, 0.1) is 6.04 Å². The molecule has 0 saturated carbocycles. The molecule has 0 unspecified atom stereocenters. The van der Waals surface area contributed by atoms with Crippen molar-refractivity contribution in [3.05, 3.63) is 29.3 Å². The van der Waals surface area contributed by atoms with Crippen molar-refractivity contribution in [1.29, 1.82) is 0 Å². The number of aryl methyl sites for hydroxylation is 2. The van der Waals surface area contributed by atoms with Crippen molar-refractivity contribution in [2.45, 2.75) is 32.7 Å². The monoisotopic (exact) mass is 244 g/mol. The maximum Gasteiger partial charge on any atom is 0.244 e. The van der Waals surface area contributed by atoms with E-state index in [9.17, 15) is 0 Å². The van der Waals surface area contributed by atoms with Crippen molar-refractivity contribution in [3.63, 3.8) is 0 Å². The zero-order valence-electron chi connectivity index (χ0n) is 10.6. The minimum atomic E-state index is 0.206. The van der Waals surface area contributed by atoms with E-state index in [2.05, 4.69) is 26.5 Å². The summed E-state index contributed by atoms with van der Waals surface area (Å²) >= 11 is 0. The van der Waals surface area contributed by atoms with Gasteiger partial charge >= 0.3 is 0 Å². The van der Waals surface area contributed by atoms with E-state index >= 15 is 0 Å². The van der Waals surface area contributed by atoms with Crippen LogP contribution in [0.15, 0.2) is 16.8 Å². The third-order valence-electron chi connectivity index (χ3n) is 3.23. The van der Waals surface area contributed by atoms with Gasteiger partial charge in [0.2, 0.25) is 11.7 Å². The van der Waals surface area contributed by atoms with Gasteiger partial charge in [-0.05, 0) is 44.4 Å². The molecule has 0 spiro atoms. The van der Waals surface area contributed by atoms with Crippen LogP contribution in [0, 0.1) is 13.8 Å². The maximum absolute atomic E-state index is 5.32. The van der Waals surface area contributed by atoms with E-state index in [4.69, 9.17) is 4.52 Å². The third-order valence-corrected chi connectivity index (χ3v) is 3.23. The van der Waals surface area contributed by atoms with Crippen LogP contribution in [0.5, 0.6) is 0 Å². The molecule has 1 N–H and O–H groups in total. The lowest BCUT2D eigenvalue weighted by Crippen LogP contribution is -2.13. The lowest BCUT2D eigenvalue weighted by Gasteiger charge is -2.02. The summed E-state index contributed by atoms with van der Waals surface area (Å²) in [5.41, 5.74) is 3.01. The Morgan fingerprint density at radius 2 is 2.28 bits per heavy atom. The molecule has 1 atom stereocenters. The van der Waals surface area contributed by atoms with Gasteiger partial charge in [0.25, 0.3) is 0 Å². The first-order valence-electron chi connectivity index (χ1n) is 6.24. The first-order valence-corrected chi connectivity index (χ1v) is 6.24. The molecule has 3 rings (SSSR count). The summed E-state index contributed by atoms with van der Waals surface area (Å²) in [5, 5.41) is 7.38. The highest BCUT2D eigenvalue weighted by Crippen LogP contribution is 2.24. The van der Waals surface area contributed by atoms with E-state index in [1.165, 1.54) is 0 Å². The van der Waals surface area contributed by atoms with Crippen LogP contribution in [-0.2, 0) is 0 Å². The summed E-state index contributed by atoms with van der Waals surface area (Å²) in [4.78, 5) is 8.83. The largest absolute Gasteiger partial charge is 0.337 e. The van der Waals surface area contributed by atoms with Crippen molar-refractivity contribution in [2.24, 2.45) is 0 Å². The molecule has 0 aromatic carbocycles. The Morgan fingerprint density at radius 1 is 1.39 bits per heavy atom. The molecule has 1 fully saturated rings. The molecule has 0 aliphatic carbocycles. The summed E-state index contributed by atoms with van der Waals surface area (Å²) < 4.78 is 5.32. The number of nitrogens with zero attached hydrogens (tertiary/aromatic N) is 3. The Kier molecular flexibility index (Phi) is 2.83. The molecule has 2 aromatic heterocycles. The van der Waals surface area contributed by atoms with Crippen molar-refractivity contribution in [1.82, 2.24) is 20.4 Å². The average Bonchev–Trinajstić information content (AvgIpc) is 2.99. The van der Waals surface area contributed by atoms with Gasteiger partial charge in [0.1, 0.15) is 5.69 Å². The second kappa shape index (κ2) is 4.49. The van der Waals surface area contributed by atoms with E-state index in [0.717, 1.165) is 36.2 Å². The van der Waals surface area contributed by atoms with E-state index in [1.54, 1.807) is 0 Å². The molecule has 3 heterocycles. The molecule has 1 aliphatic heterocycles. The van der Waals surface area contributed by atoms with Crippen LogP contribution in [0.4, 0.5) is 0 Å². The summed E-state index contributed by atoms with van der Waals surface area (Å²) in [6, 6.07) is 2.28. The minimum Gasteiger partial charge on any atom is -0.337 e. The Labute approximate surface area is 106 Å². The van der Waals surface area contributed by atoms with Crippen LogP contribution in [0.2, 0.25) is 0 Å². The lowest BCUT2D eigenvalue weighted by atomic mass is 10.1. The van der Waals surface area contributed by atoms with Gasteiger partial charge in [0.15, 0.2) is 0 Å². The number of hydrogen-bond donors (Lipinski definition) is 1. The third kappa shape index (κ3) is 2.01. The smallest absolute Gasteiger partial charge is 0.244 e. The lowest BCUT2D eigenvalue weighted by molar-refractivity contribution is 0.345. The molecule has 0 amide bonds. The fourth-order valence-corrected chi connectivity index (χ4v) is 2.32. The highest BCUT2D eigenvalue weighted by molar-refractivity contribution is 5.54. The Bertz CT molecular complexity index is 558.